The van der Waals surface area contributed by atoms with Crippen LogP contribution in [-0.4, -0.2) is 37.7 Å². The molecule has 2 N–H and O–H groups in total. The normalized spacial score (nSPS) is 16.8. The highest BCUT2D eigenvalue weighted by atomic mass is 16.5. The molecule has 4 heteroatoms. The third-order valence-corrected chi connectivity index (χ3v) is 2.33. The van der Waals surface area contributed by atoms with E-state index in [1.165, 1.54) is 0 Å². The highest BCUT2D eigenvalue weighted by molar-refractivity contribution is 5.78. The van der Waals surface area contributed by atoms with Crippen molar-refractivity contribution in [3.05, 3.63) is 0 Å². The lowest BCUT2D eigenvalue weighted by Gasteiger charge is -2.22. The van der Waals surface area contributed by atoms with Gasteiger partial charge in [0, 0.05) is 19.7 Å². The summed E-state index contributed by atoms with van der Waals surface area (Å²) in [5.41, 5.74) is -0.208. The van der Waals surface area contributed by atoms with Crippen LogP contribution in [0.1, 0.15) is 26.7 Å². The number of carbonyl (C=O) groups excluding carboxylic acids is 1. The molecule has 0 aromatic carbocycles. The number of amides is 1. The Labute approximate surface area is 85.4 Å². The molecule has 1 rings (SSSR count). The Bertz CT molecular complexity index is 200. The summed E-state index contributed by atoms with van der Waals surface area (Å²) in [6.45, 7) is 5.03. The van der Waals surface area contributed by atoms with Crippen molar-refractivity contribution in [2.24, 2.45) is 0 Å². The Kier molecular flexibility index (Phi) is 3.89. The molecule has 0 aliphatic heterocycles. The third-order valence-electron chi connectivity index (χ3n) is 2.33. The van der Waals surface area contributed by atoms with Gasteiger partial charge < -0.3 is 15.4 Å². The molecular weight excluding hydrogens is 180 g/mol. The summed E-state index contributed by atoms with van der Waals surface area (Å²) in [4.78, 5) is 11.3. The third kappa shape index (κ3) is 4.58. The van der Waals surface area contributed by atoms with Crippen molar-refractivity contribution >= 4 is 5.91 Å². The zero-order valence-electron chi connectivity index (χ0n) is 9.22. The van der Waals surface area contributed by atoms with E-state index in [9.17, 15) is 4.79 Å². The van der Waals surface area contributed by atoms with Gasteiger partial charge >= 0.3 is 0 Å². The Hall–Kier alpha value is -0.610. The second kappa shape index (κ2) is 4.75. The molecule has 0 spiro atoms. The molecule has 0 unspecified atom stereocenters. The number of methoxy groups -OCH3 is 1. The van der Waals surface area contributed by atoms with Crippen LogP contribution in [0.3, 0.4) is 0 Å². The zero-order valence-corrected chi connectivity index (χ0v) is 9.22. The minimum atomic E-state index is -0.208. The number of hydrogen-bond acceptors (Lipinski definition) is 3. The van der Waals surface area contributed by atoms with Crippen molar-refractivity contribution in [1.82, 2.24) is 10.6 Å². The molecule has 0 saturated heterocycles. The topological polar surface area (TPSA) is 50.4 Å². The van der Waals surface area contributed by atoms with E-state index in [1.54, 1.807) is 7.11 Å². The molecular formula is C10H20N2O2. The molecule has 0 heterocycles. The average Bonchev–Trinajstić information content (AvgIpc) is 2.88. The lowest BCUT2D eigenvalue weighted by Crippen LogP contribution is -2.42. The van der Waals surface area contributed by atoms with Crippen molar-refractivity contribution in [1.29, 1.82) is 0 Å². The summed E-state index contributed by atoms with van der Waals surface area (Å²) in [6, 6.07) is 0.444. The monoisotopic (exact) mass is 200 g/mol. The molecule has 1 aliphatic rings. The molecule has 1 fully saturated rings. The number of rotatable bonds is 6. The second-order valence-electron chi connectivity index (χ2n) is 4.41. The smallest absolute Gasteiger partial charge is 0.234 e. The molecule has 4 nitrogen and oxygen atoms in total. The SMILES string of the molecule is COC(C)(C)CNCC(=O)NC1CC1. The number of nitrogens with one attached hydrogen (secondary N) is 2. The Morgan fingerprint density at radius 2 is 2.14 bits per heavy atom. The summed E-state index contributed by atoms with van der Waals surface area (Å²) in [7, 11) is 1.67. The maximum absolute atomic E-state index is 11.3. The van der Waals surface area contributed by atoms with Crippen molar-refractivity contribution in [3.8, 4) is 0 Å². The lowest BCUT2D eigenvalue weighted by atomic mass is 10.1. The summed E-state index contributed by atoms with van der Waals surface area (Å²) < 4.78 is 5.22. The zero-order chi connectivity index (χ0) is 10.6. The van der Waals surface area contributed by atoms with Crippen LogP contribution in [0.5, 0.6) is 0 Å². The van der Waals surface area contributed by atoms with Gasteiger partial charge in [0.15, 0.2) is 0 Å². The van der Waals surface area contributed by atoms with Crippen molar-refractivity contribution in [2.75, 3.05) is 20.2 Å². The molecule has 0 aromatic rings. The van der Waals surface area contributed by atoms with E-state index in [4.69, 9.17) is 4.74 Å². The van der Waals surface area contributed by atoms with Crippen molar-refractivity contribution < 1.29 is 9.53 Å². The maximum Gasteiger partial charge on any atom is 0.234 e. The predicted octanol–water partition coefficient (Wildman–Crippen LogP) is 0.280. The van der Waals surface area contributed by atoms with Gasteiger partial charge in [-0.25, -0.2) is 0 Å². The molecule has 14 heavy (non-hydrogen) atoms. The molecule has 0 bridgehead atoms. The second-order valence-corrected chi connectivity index (χ2v) is 4.41. The number of ether oxygens (including phenoxy) is 1. The van der Waals surface area contributed by atoms with Gasteiger partial charge in [-0.1, -0.05) is 0 Å². The van der Waals surface area contributed by atoms with Crippen LogP contribution < -0.4 is 10.6 Å². The van der Waals surface area contributed by atoms with E-state index in [1.807, 2.05) is 13.8 Å². The van der Waals surface area contributed by atoms with E-state index in [0.29, 0.717) is 19.1 Å². The van der Waals surface area contributed by atoms with Crippen LogP contribution in [0.25, 0.3) is 0 Å². The maximum atomic E-state index is 11.3. The van der Waals surface area contributed by atoms with Gasteiger partial charge in [-0.15, -0.1) is 0 Å². The fraction of sp³-hybridized carbons (Fsp3) is 0.900. The van der Waals surface area contributed by atoms with Crippen LogP contribution >= 0.6 is 0 Å². The van der Waals surface area contributed by atoms with Gasteiger partial charge in [-0.2, -0.15) is 0 Å². The highest BCUT2D eigenvalue weighted by Crippen LogP contribution is 2.18. The van der Waals surface area contributed by atoms with Crippen LogP contribution in [0.4, 0.5) is 0 Å². The first-order valence-corrected chi connectivity index (χ1v) is 5.09. The van der Waals surface area contributed by atoms with Crippen LogP contribution in [-0.2, 0) is 9.53 Å². The van der Waals surface area contributed by atoms with Gasteiger partial charge in [-0.3, -0.25) is 4.79 Å². The first-order valence-electron chi connectivity index (χ1n) is 5.09. The molecule has 0 atom stereocenters. The van der Waals surface area contributed by atoms with Crippen LogP contribution in [0.2, 0.25) is 0 Å². The first-order chi connectivity index (χ1) is 6.53. The molecule has 82 valence electrons. The van der Waals surface area contributed by atoms with E-state index in [2.05, 4.69) is 10.6 Å². The van der Waals surface area contributed by atoms with E-state index in [0.717, 1.165) is 12.8 Å². The largest absolute Gasteiger partial charge is 0.377 e. The van der Waals surface area contributed by atoms with E-state index >= 15 is 0 Å². The van der Waals surface area contributed by atoms with Gasteiger partial charge in [0.25, 0.3) is 0 Å². The minimum Gasteiger partial charge on any atom is -0.377 e. The summed E-state index contributed by atoms with van der Waals surface area (Å²) in [6.07, 6.45) is 2.27. The Balaban J connectivity index is 2.04. The Morgan fingerprint density at radius 3 is 2.64 bits per heavy atom. The van der Waals surface area contributed by atoms with Gasteiger partial charge in [-0.05, 0) is 26.7 Å². The quantitative estimate of drug-likeness (QED) is 0.647. The highest BCUT2D eigenvalue weighted by Gasteiger charge is 2.23. The molecule has 0 radical (unpaired) electrons. The van der Waals surface area contributed by atoms with Gasteiger partial charge in [0.2, 0.25) is 5.91 Å². The number of hydrogen-bond donors (Lipinski definition) is 2. The van der Waals surface area contributed by atoms with Gasteiger partial charge in [0.05, 0.1) is 12.1 Å². The fourth-order valence-electron chi connectivity index (χ4n) is 1.06. The van der Waals surface area contributed by atoms with E-state index in [-0.39, 0.29) is 11.5 Å². The van der Waals surface area contributed by atoms with Crippen LogP contribution in [0.15, 0.2) is 0 Å². The van der Waals surface area contributed by atoms with Crippen LogP contribution in [0, 0.1) is 0 Å². The standard InChI is InChI=1S/C10H20N2O2/c1-10(2,14-3)7-11-6-9(13)12-8-4-5-8/h8,11H,4-7H2,1-3H3,(H,12,13). The minimum absolute atomic E-state index is 0.0828. The van der Waals surface area contributed by atoms with Crippen molar-refractivity contribution in [3.63, 3.8) is 0 Å². The molecule has 1 amide bonds. The van der Waals surface area contributed by atoms with Gasteiger partial charge in [0.1, 0.15) is 0 Å². The molecule has 1 saturated carbocycles. The average molecular weight is 200 g/mol. The fourth-order valence-corrected chi connectivity index (χ4v) is 1.06. The number of carbonyl (C=O) groups is 1. The van der Waals surface area contributed by atoms with Crippen molar-refractivity contribution in [2.45, 2.75) is 38.3 Å². The summed E-state index contributed by atoms with van der Waals surface area (Å²) in [5, 5.41) is 5.99. The first kappa shape index (κ1) is 11.5. The lowest BCUT2D eigenvalue weighted by molar-refractivity contribution is -0.120. The Morgan fingerprint density at radius 1 is 1.50 bits per heavy atom. The summed E-state index contributed by atoms with van der Waals surface area (Å²) >= 11 is 0. The molecule has 0 aromatic heterocycles. The summed E-state index contributed by atoms with van der Waals surface area (Å²) in [5.74, 6) is 0.0828. The predicted molar refractivity (Wildman–Crippen MR) is 55.1 cm³/mol. The molecule has 1 aliphatic carbocycles. The van der Waals surface area contributed by atoms with E-state index < -0.39 is 0 Å².